The van der Waals surface area contributed by atoms with Gasteiger partial charge < -0.3 is 10.6 Å². The van der Waals surface area contributed by atoms with E-state index in [1.807, 2.05) is 17.9 Å². The predicted octanol–water partition coefficient (Wildman–Crippen LogP) is 1.37. The second-order valence-corrected chi connectivity index (χ2v) is 6.84. The van der Waals surface area contributed by atoms with Crippen molar-refractivity contribution in [1.82, 2.24) is 25.3 Å². The fraction of sp³-hybridized carbons (Fsp3) is 0.765. The lowest BCUT2D eigenvalue weighted by Gasteiger charge is -2.24. The SMILES string of the molecule is CN=C(NCCn1cc(C)cn1)NC1CCN(C2CCCC2)C1. The highest BCUT2D eigenvalue weighted by Crippen LogP contribution is 2.26. The van der Waals surface area contributed by atoms with E-state index in [1.54, 1.807) is 0 Å². The molecule has 1 aromatic heterocycles. The molecule has 2 N–H and O–H groups in total. The van der Waals surface area contributed by atoms with Crippen LogP contribution in [0.15, 0.2) is 17.4 Å². The second-order valence-electron chi connectivity index (χ2n) is 6.84. The van der Waals surface area contributed by atoms with Crippen molar-refractivity contribution in [3.8, 4) is 0 Å². The molecule has 1 saturated heterocycles. The Morgan fingerprint density at radius 2 is 2.17 bits per heavy atom. The van der Waals surface area contributed by atoms with Crippen molar-refractivity contribution >= 4 is 5.96 Å². The summed E-state index contributed by atoms with van der Waals surface area (Å²) in [7, 11) is 1.84. The molecule has 0 aromatic carbocycles. The number of nitrogens with zero attached hydrogens (tertiary/aromatic N) is 4. The lowest BCUT2D eigenvalue weighted by atomic mass is 10.2. The molecule has 2 heterocycles. The monoisotopic (exact) mass is 318 g/mol. The molecule has 2 aliphatic rings. The molecule has 1 aromatic rings. The number of hydrogen-bond acceptors (Lipinski definition) is 3. The molecule has 1 atom stereocenters. The van der Waals surface area contributed by atoms with E-state index >= 15 is 0 Å². The molecule has 6 nitrogen and oxygen atoms in total. The Morgan fingerprint density at radius 3 is 2.87 bits per heavy atom. The van der Waals surface area contributed by atoms with E-state index < -0.39 is 0 Å². The Balaban J connectivity index is 1.39. The quantitative estimate of drug-likeness (QED) is 0.636. The van der Waals surface area contributed by atoms with Gasteiger partial charge in [0.25, 0.3) is 0 Å². The summed E-state index contributed by atoms with van der Waals surface area (Å²) < 4.78 is 1.97. The van der Waals surface area contributed by atoms with Crippen LogP contribution in [0.5, 0.6) is 0 Å². The first-order valence-electron chi connectivity index (χ1n) is 8.95. The van der Waals surface area contributed by atoms with Crippen LogP contribution in [-0.2, 0) is 6.54 Å². The van der Waals surface area contributed by atoms with Crippen molar-refractivity contribution < 1.29 is 0 Å². The molecule has 128 valence electrons. The molecule has 1 unspecified atom stereocenters. The van der Waals surface area contributed by atoms with Gasteiger partial charge in [-0.15, -0.1) is 0 Å². The number of guanidine groups is 1. The number of hydrogen-bond donors (Lipinski definition) is 2. The minimum absolute atomic E-state index is 0.522. The van der Waals surface area contributed by atoms with Gasteiger partial charge in [0.05, 0.1) is 12.7 Å². The summed E-state index contributed by atoms with van der Waals surface area (Å²) in [6.45, 7) is 6.14. The first kappa shape index (κ1) is 16.3. The van der Waals surface area contributed by atoms with Crippen LogP contribution in [0.25, 0.3) is 0 Å². The summed E-state index contributed by atoms with van der Waals surface area (Å²) in [6, 6.07) is 1.36. The van der Waals surface area contributed by atoms with E-state index in [1.165, 1.54) is 44.2 Å². The van der Waals surface area contributed by atoms with Crippen LogP contribution in [0.1, 0.15) is 37.7 Å². The van der Waals surface area contributed by atoms with E-state index in [0.29, 0.717) is 6.04 Å². The summed E-state index contributed by atoms with van der Waals surface area (Å²) >= 11 is 0. The number of nitrogens with one attached hydrogen (secondary N) is 2. The van der Waals surface area contributed by atoms with Crippen molar-refractivity contribution in [2.45, 2.75) is 57.7 Å². The third-order valence-corrected chi connectivity index (χ3v) is 5.02. The Bertz CT molecular complexity index is 517. The lowest BCUT2D eigenvalue weighted by molar-refractivity contribution is 0.242. The number of aliphatic imine (C=N–C) groups is 1. The van der Waals surface area contributed by atoms with Gasteiger partial charge in [0.2, 0.25) is 0 Å². The van der Waals surface area contributed by atoms with E-state index in [0.717, 1.165) is 31.6 Å². The first-order valence-corrected chi connectivity index (χ1v) is 8.95. The Hall–Kier alpha value is -1.56. The van der Waals surface area contributed by atoms with Crippen molar-refractivity contribution in [3.05, 3.63) is 18.0 Å². The Morgan fingerprint density at radius 1 is 1.35 bits per heavy atom. The molecule has 1 saturated carbocycles. The van der Waals surface area contributed by atoms with Gasteiger partial charge in [-0.05, 0) is 31.7 Å². The summed E-state index contributed by atoms with van der Waals surface area (Å²) in [4.78, 5) is 7.03. The maximum atomic E-state index is 4.36. The molecular formula is C17H30N6. The average Bonchev–Trinajstić information content (AvgIpc) is 3.27. The van der Waals surface area contributed by atoms with E-state index in [9.17, 15) is 0 Å². The highest BCUT2D eigenvalue weighted by molar-refractivity contribution is 5.79. The smallest absolute Gasteiger partial charge is 0.191 e. The van der Waals surface area contributed by atoms with Crippen LogP contribution in [0, 0.1) is 6.92 Å². The van der Waals surface area contributed by atoms with Crippen LogP contribution < -0.4 is 10.6 Å². The van der Waals surface area contributed by atoms with Crippen LogP contribution >= 0.6 is 0 Å². The zero-order chi connectivity index (χ0) is 16.1. The molecule has 23 heavy (non-hydrogen) atoms. The van der Waals surface area contributed by atoms with Gasteiger partial charge in [-0.1, -0.05) is 12.8 Å². The topological polar surface area (TPSA) is 57.5 Å². The van der Waals surface area contributed by atoms with Crippen LogP contribution in [0.3, 0.4) is 0 Å². The van der Waals surface area contributed by atoms with Crippen LogP contribution in [-0.4, -0.2) is 59.4 Å². The predicted molar refractivity (Wildman–Crippen MR) is 93.7 cm³/mol. The first-order chi connectivity index (χ1) is 11.2. The molecule has 3 rings (SSSR count). The summed E-state index contributed by atoms with van der Waals surface area (Å²) in [5.74, 6) is 0.909. The highest BCUT2D eigenvalue weighted by Gasteiger charge is 2.30. The highest BCUT2D eigenvalue weighted by atomic mass is 15.3. The van der Waals surface area contributed by atoms with Gasteiger partial charge in [-0.2, -0.15) is 5.10 Å². The lowest BCUT2D eigenvalue weighted by Crippen LogP contribution is -2.46. The summed E-state index contributed by atoms with van der Waals surface area (Å²) in [5, 5.41) is 11.3. The zero-order valence-electron chi connectivity index (χ0n) is 14.5. The third kappa shape index (κ3) is 4.47. The van der Waals surface area contributed by atoms with Crippen LogP contribution in [0.2, 0.25) is 0 Å². The minimum atomic E-state index is 0.522. The Kier molecular flexibility index (Phi) is 5.54. The molecule has 0 spiro atoms. The molecular weight excluding hydrogens is 288 g/mol. The summed E-state index contributed by atoms with van der Waals surface area (Å²) in [6.07, 6.45) is 10.8. The second kappa shape index (κ2) is 7.81. The number of likely N-dealkylation sites (tertiary alicyclic amines) is 1. The normalized spacial score (nSPS) is 23.6. The fourth-order valence-corrected chi connectivity index (χ4v) is 3.77. The molecule has 0 amide bonds. The van der Waals surface area contributed by atoms with E-state index in [4.69, 9.17) is 0 Å². The minimum Gasteiger partial charge on any atom is -0.355 e. The Labute approximate surface area is 139 Å². The van der Waals surface area contributed by atoms with Crippen LogP contribution in [0.4, 0.5) is 0 Å². The van der Waals surface area contributed by atoms with Gasteiger partial charge in [-0.3, -0.25) is 14.6 Å². The van der Waals surface area contributed by atoms with Gasteiger partial charge in [0, 0.05) is 45.0 Å². The molecule has 2 fully saturated rings. The summed E-state index contributed by atoms with van der Waals surface area (Å²) in [5.41, 5.74) is 1.20. The van der Waals surface area contributed by atoms with E-state index in [2.05, 4.69) is 38.7 Å². The molecule has 1 aliphatic heterocycles. The number of aromatic nitrogens is 2. The molecule has 0 bridgehead atoms. The van der Waals surface area contributed by atoms with Gasteiger partial charge in [0.1, 0.15) is 0 Å². The number of rotatable bonds is 5. The largest absolute Gasteiger partial charge is 0.355 e. The van der Waals surface area contributed by atoms with Gasteiger partial charge >= 0.3 is 0 Å². The fourth-order valence-electron chi connectivity index (χ4n) is 3.77. The third-order valence-electron chi connectivity index (χ3n) is 5.02. The van der Waals surface area contributed by atoms with Gasteiger partial charge in [-0.25, -0.2) is 0 Å². The average molecular weight is 318 g/mol. The molecule has 0 radical (unpaired) electrons. The van der Waals surface area contributed by atoms with Gasteiger partial charge in [0.15, 0.2) is 5.96 Å². The number of aryl methyl sites for hydroxylation is 1. The van der Waals surface area contributed by atoms with Crippen molar-refractivity contribution in [2.24, 2.45) is 4.99 Å². The standard InChI is InChI=1S/C17H30N6/c1-14-11-20-23(12-14)10-8-19-17(18-2)21-15-7-9-22(13-15)16-5-3-4-6-16/h11-12,15-16H,3-10,13H2,1-2H3,(H2,18,19,21). The van der Waals surface area contributed by atoms with E-state index in [-0.39, 0.29) is 0 Å². The molecule has 1 aliphatic carbocycles. The maximum Gasteiger partial charge on any atom is 0.191 e. The molecule has 6 heteroatoms. The van der Waals surface area contributed by atoms with Crippen molar-refractivity contribution in [1.29, 1.82) is 0 Å². The maximum absolute atomic E-state index is 4.36. The van der Waals surface area contributed by atoms with Crippen molar-refractivity contribution in [2.75, 3.05) is 26.7 Å². The zero-order valence-corrected chi connectivity index (χ0v) is 14.5. The van der Waals surface area contributed by atoms with Crippen molar-refractivity contribution in [3.63, 3.8) is 0 Å².